The first-order chi connectivity index (χ1) is 12.8. The molecule has 3 N–H and O–H groups in total. The molecule has 2 fully saturated rings. The highest BCUT2D eigenvalue weighted by atomic mass is 32.2. The molecule has 3 atom stereocenters. The predicted octanol–water partition coefficient (Wildman–Crippen LogP) is 1.70. The summed E-state index contributed by atoms with van der Waals surface area (Å²) in [5.41, 5.74) is 0.245. The molecule has 0 bridgehead atoms. The summed E-state index contributed by atoms with van der Waals surface area (Å²) in [5, 5.41) is 10.6. The van der Waals surface area contributed by atoms with Gasteiger partial charge in [0.05, 0.1) is 11.7 Å². The number of carbonyl (C=O) groups excluding carboxylic acids is 3. The Kier molecular flexibility index (Phi) is 6.40. The van der Waals surface area contributed by atoms with Crippen LogP contribution >= 0.6 is 23.1 Å². The predicted molar refractivity (Wildman–Crippen MR) is 106 cm³/mol. The fourth-order valence-corrected chi connectivity index (χ4v) is 5.30. The van der Waals surface area contributed by atoms with Gasteiger partial charge in [-0.2, -0.15) is 0 Å². The normalized spacial score (nSPS) is 25.1. The number of hydrogen-bond donors (Lipinski definition) is 3. The standard InChI is InChI=1S/C17H24N4O4S2/c1-9(2)25-17(24)20-13(22)10-5-7-26-15(10)19-14(23)16-18-11-8-21(3)6-4-12(11)27-16/h5,7,9,11-12,16,18H,4,6,8H2,1-3H3,(H,19,23)(H,20,22,24). The van der Waals surface area contributed by atoms with Gasteiger partial charge in [-0.15, -0.1) is 23.1 Å². The minimum atomic E-state index is -0.806. The van der Waals surface area contributed by atoms with E-state index in [1.165, 1.54) is 11.3 Å². The van der Waals surface area contributed by atoms with Crippen molar-refractivity contribution in [2.45, 2.75) is 43.0 Å². The summed E-state index contributed by atoms with van der Waals surface area (Å²) >= 11 is 2.88. The number of likely N-dealkylation sites (N-methyl/N-ethyl adjacent to an activating group) is 1. The molecule has 10 heteroatoms. The van der Waals surface area contributed by atoms with Crippen LogP contribution in [0, 0.1) is 0 Å². The number of nitrogens with zero attached hydrogens (tertiary/aromatic N) is 1. The summed E-state index contributed by atoms with van der Waals surface area (Å²) in [5.74, 6) is -0.780. The molecule has 1 aromatic rings. The number of likely N-dealkylation sites (tertiary alicyclic amines) is 1. The third-order valence-electron chi connectivity index (χ3n) is 4.37. The number of thioether (sulfide) groups is 1. The number of alkyl carbamates (subject to hydrolysis) is 1. The van der Waals surface area contributed by atoms with Gasteiger partial charge in [-0.05, 0) is 45.3 Å². The smallest absolute Gasteiger partial charge is 0.414 e. The SMILES string of the molecule is CC(C)OC(=O)NC(=O)c1ccsc1NC(=O)C1NC2CN(C)CCC2S1. The number of ether oxygens (including phenoxy) is 1. The van der Waals surface area contributed by atoms with Gasteiger partial charge in [0.15, 0.2) is 0 Å². The highest BCUT2D eigenvalue weighted by Crippen LogP contribution is 2.34. The second-order valence-electron chi connectivity index (χ2n) is 6.94. The molecular weight excluding hydrogens is 388 g/mol. The number of anilines is 1. The molecule has 2 aliphatic rings. The molecule has 3 amide bonds. The van der Waals surface area contributed by atoms with Gasteiger partial charge in [-0.1, -0.05) is 0 Å². The Hall–Kier alpha value is -1.62. The highest BCUT2D eigenvalue weighted by molar-refractivity contribution is 8.01. The van der Waals surface area contributed by atoms with E-state index in [-0.39, 0.29) is 22.9 Å². The van der Waals surface area contributed by atoms with Crippen LogP contribution in [0.5, 0.6) is 0 Å². The van der Waals surface area contributed by atoms with E-state index < -0.39 is 12.0 Å². The zero-order valence-electron chi connectivity index (χ0n) is 15.5. The maximum atomic E-state index is 12.7. The number of rotatable bonds is 4. The maximum absolute atomic E-state index is 12.7. The van der Waals surface area contributed by atoms with Crippen molar-refractivity contribution >= 4 is 46.0 Å². The first-order valence-corrected chi connectivity index (χ1v) is 10.7. The van der Waals surface area contributed by atoms with Crippen LogP contribution in [-0.4, -0.2) is 65.7 Å². The Morgan fingerprint density at radius 1 is 1.37 bits per heavy atom. The van der Waals surface area contributed by atoms with E-state index in [0.29, 0.717) is 16.3 Å². The summed E-state index contributed by atoms with van der Waals surface area (Å²) in [7, 11) is 2.08. The van der Waals surface area contributed by atoms with E-state index in [1.807, 2.05) is 0 Å². The van der Waals surface area contributed by atoms with E-state index in [1.54, 1.807) is 37.1 Å². The molecular formula is C17H24N4O4S2. The van der Waals surface area contributed by atoms with Crippen molar-refractivity contribution < 1.29 is 19.1 Å². The lowest BCUT2D eigenvalue weighted by molar-refractivity contribution is -0.116. The minimum Gasteiger partial charge on any atom is -0.447 e. The van der Waals surface area contributed by atoms with Gasteiger partial charge in [0.1, 0.15) is 10.4 Å². The maximum Gasteiger partial charge on any atom is 0.414 e. The molecule has 0 aliphatic carbocycles. The van der Waals surface area contributed by atoms with Crippen molar-refractivity contribution in [3.8, 4) is 0 Å². The van der Waals surface area contributed by atoms with Crippen LogP contribution in [0.15, 0.2) is 11.4 Å². The number of imide groups is 1. The lowest BCUT2D eigenvalue weighted by Gasteiger charge is -2.31. The number of thiophene rings is 1. The topological polar surface area (TPSA) is 99.8 Å². The second-order valence-corrected chi connectivity index (χ2v) is 9.20. The van der Waals surface area contributed by atoms with E-state index in [2.05, 4.69) is 27.9 Å². The fourth-order valence-electron chi connectivity index (χ4n) is 3.13. The number of hydrogen-bond acceptors (Lipinski definition) is 8. The molecule has 148 valence electrons. The summed E-state index contributed by atoms with van der Waals surface area (Å²) in [6.45, 7) is 5.35. The zero-order valence-corrected chi connectivity index (χ0v) is 17.1. The molecule has 3 unspecified atom stereocenters. The van der Waals surface area contributed by atoms with Gasteiger partial charge >= 0.3 is 6.09 Å². The Morgan fingerprint density at radius 2 is 2.15 bits per heavy atom. The fraction of sp³-hybridized carbons (Fsp3) is 0.588. The minimum absolute atomic E-state index is 0.182. The van der Waals surface area contributed by atoms with E-state index >= 15 is 0 Å². The average molecular weight is 413 g/mol. The van der Waals surface area contributed by atoms with E-state index in [9.17, 15) is 14.4 Å². The van der Waals surface area contributed by atoms with Gasteiger partial charge in [-0.3, -0.25) is 20.2 Å². The molecule has 0 aromatic carbocycles. The van der Waals surface area contributed by atoms with E-state index in [4.69, 9.17) is 4.74 Å². The summed E-state index contributed by atoms with van der Waals surface area (Å²) in [6, 6.07) is 1.86. The number of piperidine rings is 1. The van der Waals surface area contributed by atoms with Crippen LogP contribution in [0.2, 0.25) is 0 Å². The van der Waals surface area contributed by atoms with Crippen LogP contribution in [0.3, 0.4) is 0 Å². The van der Waals surface area contributed by atoms with Crippen molar-refractivity contribution in [2.24, 2.45) is 0 Å². The Morgan fingerprint density at radius 3 is 2.89 bits per heavy atom. The van der Waals surface area contributed by atoms with Crippen LogP contribution in [-0.2, 0) is 9.53 Å². The largest absolute Gasteiger partial charge is 0.447 e. The van der Waals surface area contributed by atoms with Crippen LogP contribution in [0.4, 0.5) is 9.80 Å². The van der Waals surface area contributed by atoms with Gasteiger partial charge < -0.3 is 15.0 Å². The third-order valence-corrected chi connectivity index (χ3v) is 6.74. The summed E-state index contributed by atoms with van der Waals surface area (Å²) in [6.07, 6.45) is -0.0834. The lowest BCUT2D eigenvalue weighted by atomic mass is 10.1. The van der Waals surface area contributed by atoms with Gasteiger partial charge in [0.25, 0.3) is 11.8 Å². The van der Waals surface area contributed by atoms with Crippen LogP contribution in [0.1, 0.15) is 30.6 Å². The molecule has 27 heavy (non-hydrogen) atoms. The molecule has 0 spiro atoms. The number of nitrogens with one attached hydrogen (secondary N) is 3. The Bertz CT molecular complexity index is 724. The molecule has 0 radical (unpaired) electrons. The third kappa shape index (κ3) is 5.01. The summed E-state index contributed by atoms with van der Waals surface area (Å²) < 4.78 is 4.91. The van der Waals surface area contributed by atoms with Crippen LogP contribution in [0.25, 0.3) is 0 Å². The van der Waals surface area contributed by atoms with Crippen molar-refractivity contribution in [3.05, 3.63) is 17.0 Å². The molecule has 2 saturated heterocycles. The zero-order chi connectivity index (χ0) is 19.6. The number of amides is 3. The molecule has 0 saturated carbocycles. The first kappa shape index (κ1) is 20.1. The monoisotopic (exact) mass is 412 g/mol. The molecule has 2 aliphatic heterocycles. The lowest BCUT2D eigenvalue weighted by Crippen LogP contribution is -2.48. The Labute approximate surface area is 166 Å². The van der Waals surface area contributed by atoms with Crippen molar-refractivity contribution in [1.82, 2.24) is 15.5 Å². The van der Waals surface area contributed by atoms with Gasteiger partial charge in [0.2, 0.25) is 0 Å². The van der Waals surface area contributed by atoms with E-state index in [0.717, 1.165) is 19.5 Å². The first-order valence-electron chi connectivity index (χ1n) is 8.84. The summed E-state index contributed by atoms with van der Waals surface area (Å²) in [4.78, 5) is 38.8. The Balaban J connectivity index is 1.59. The van der Waals surface area contributed by atoms with Crippen molar-refractivity contribution in [1.29, 1.82) is 0 Å². The molecule has 1 aromatic heterocycles. The second kappa shape index (κ2) is 8.59. The van der Waals surface area contributed by atoms with Gasteiger partial charge in [0, 0.05) is 17.8 Å². The molecule has 8 nitrogen and oxygen atoms in total. The van der Waals surface area contributed by atoms with Gasteiger partial charge in [-0.25, -0.2) is 4.79 Å². The van der Waals surface area contributed by atoms with Crippen molar-refractivity contribution in [2.75, 3.05) is 25.5 Å². The number of fused-ring (bicyclic) bond motifs is 1. The highest BCUT2D eigenvalue weighted by Gasteiger charge is 2.40. The average Bonchev–Trinajstić information content (AvgIpc) is 3.19. The quantitative estimate of drug-likeness (QED) is 0.692. The van der Waals surface area contributed by atoms with Crippen LogP contribution < -0.4 is 16.0 Å². The molecule has 3 heterocycles. The number of carbonyl (C=O) groups is 3. The van der Waals surface area contributed by atoms with Crippen molar-refractivity contribution in [3.63, 3.8) is 0 Å². The molecule has 3 rings (SSSR count).